The highest BCUT2D eigenvalue weighted by molar-refractivity contribution is 5.19. The van der Waals surface area contributed by atoms with E-state index in [1.54, 1.807) is 19.2 Å². The van der Waals surface area contributed by atoms with Gasteiger partial charge in [-0.3, -0.25) is 4.90 Å². The molecule has 1 fully saturated rings. The standard InChI is InChI=1S/C8H14N2O2/c1-10-7(11)5-6(8(10)12)3-2-4-9/h2-4,7-8,11-12H,5,9H2,1H3/b4-2+,6-3+. The molecule has 4 N–H and O–H groups in total. The third kappa shape index (κ3) is 1.66. The molecule has 1 aliphatic heterocycles. The predicted octanol–water partition coefficient (Wildman–Crippen LogP) is -0.642. The molecule has 1 heterocycles. The minimum atomic E-state index is -0.684. The van der Waals surface area contributed by atoms with Gasteiger partial charge in [0.1, 0.15) is 12.5 Å². The molecule has 2 atom stereocenters. The summed E-state index contributed by atoms with van der Waals surface area (Å²) in [6.45, 7) is 0. The van der Waals surface area contributed by atoms with Gasteiger partial charge in [-0.05, 0) is 24.9 Å². The lowest BCUT2D eigenvalue weighted by atomic mass is 10.2. The lowest BCUT2D eigenvalue weighted by Gasteiger charge is -2.16. The van der Waals surface area contributed by atoms with Gasteiger partial charge in [0.15, 0.2) is 0 Å². The number of rotatable bonds is 1. The van der Waals surface area contributed by atoms with Crippen LogP contribution in [0.2, 0.25) is 0 Å². The first-order valence-electron chi connectivity index (χ1n) is 3.82. The van der Waals surface area contributed by atoms with Crippen molar-refractivity contribution >= 4 is 0 Å². The van der Waals surface area contributed by atoms with Gasteiger partial charge < -0.3 is 15.9 Å². The Morgan fingerprint density at radius 1 is 1.58 bits per heavy atom. The van der Waals surface area contributed by atoms with Crippen LogP contribution in [0.5, 0.6) is 0 Å². The van der Waals surface area contributed by atoms with Crippen LogP contribution in [0.4, 0.5) is 0 Å². The number of nitrogens with zero attached hydrogens (tertiary/aromatic N) is 1. The molecule has 0 spiro atoms. The van der Waals surface area contributed by atoms with E-state index in [-0.39, 0.29) is 0 Å². The monoisotopic (exact) mass is 170 g/mol. The smallest absolute Gasteiger partial charge is 0.131 e. The number of hydrogen-bond donors (Lipinski definition) is 3. The number of aliphatic hydroxyl groups excluding tert-OH is 2. The van der Waals surface area contributed by atoms with E-state index < -0.39 is 12.5 Å². The molecule has 0 aromatic heterocycles. The summed E-state index contributed by atoms with van der Waals surface area (Å²) in [7, 11) is 1.67. The molecule has 68 valence electrons. The highest BCUT2D eigenvalue weighted by atomic mass is 16.3. The zero-order valence-corrected chi connectivity index (χ0v) is 7.01. The Labute approximate surface area is 71.6 Å². The summed E-state index contributed by atoms with van der Waals surface area (Å²) in [5.74, 6) is 0. The van der Waals surface area contributed by atoms with Crippen molar-refractivity contribution in [3.63, 3.8) is 0 Å². The van der Waals surface area contributed by atoms with Crippen molar-refractivity contribution in [2.24, 2.45) is 5.73 Å². The van der Waals surface area contributed by atoms with Gasteiger partial charge in [-0.15, -0.1) is 0 Å². The van der Waals surface area contributed by atoms with Crippen LogP contribution in [0.1, 0.15) is 6.42 Å². The van der Waals surface area contributed by atoms with Crippen molar-refractivity contribution in [1.29, 1.82) is 0 Å². The van der Waals surface area contributed by atoms with Crippen LogP contribution in [0.25, 0.3) is 0 Å². The summed E-state index contributed by atoms with van der Waals surface area (Å²) >= 11 is 0. The zero-order chi connectivity index (χ0) is 9.14. The molecule has 0 bridgehead atoms. The van der Waals surface area contributed by atoms with E-state index in [1.165, 1.54) is 11.1 Å². The fourth-order valence-corrected chi connectivity index (χ4v) is 1.22. The Kier molecular flexibility index (Phi) is 2.86. The van der Waals surface area contributed by atoms with Crippen LogP contribution in [0.3, 0.4) is 0 Å². The summed E-state index contributed by atoms with van der Waals surface area (Å²) in [5.41, 5.74) is 5.92. The molecule has 4 heteroatoms. The fraction of sp³-hybridized carbons (Fsp3) is 0.500. The van der Waals surface area contributed by atoms with Crippen molar-refractivity contribution in [2.75, 3.05) is 7.05 Å². The van der Waals surface area contributed by atoms with Gasteiger partial charge in [0, 0.05) is 6.42 Å². The summed E-state index contributed by atoms with van der Waals surface area (Å²) in [5, 5.41) is 18.8. The maximum absolute atomic E-state index is 9.48. The van der Waals surface area contributed by atoms with Gasteiger partial charge >= 0.3 is 0 Å². The molecule has 1 aliphatic rings. The van der Waals surface area contributed by atoms with E-state index >= 15 is 0 Å². The number of aliphatic hydroxyl groups is 2. The fourth-order valence-electron chi connectivity index (χ4n) is 1.22. The second-order valence-corrected chi connectivity index (χ2v) is 2.85. The van der Waals surface area contributed by atoms with Crippen molar-refractivity contribution in [3.8, 4) is 0 Å². The second-order valence-electron chi connectivity index (χ2n) is 2.85. The zero-order valence-electron chi connectivity index (χ0n) is 7.01. The highest BCUT2D eigenvalue weighted by Gasteiger charge is 2.30. The normalized spacial score (nSPS) is 35.4. The van der Waals surface area contributed by atoms with E-state index in [0.717, 1.165) is 5.57 Å². The van der Waals surface area contributed by atoms with Crippen LogP contribution in [-0.4, -0.2) is 34.6 Å². The topological polar surface area (TPSA) is 69.7 Å². The summed E-state index contributed by atoms with van der Waals surface area (Å²) in [4.78, 5) is 1.50. The first-order valence-corrected chi connectivity index (χ1v) is 3.82. The third-order valence-electron chi connectivity index (χ3n) is 2.03. The predicted molar refractivity (Wildman–Crippen MR) is 45.8 cm³/mol. The maximum atomic E-state index is 9.48. The molecule has 0 saturated carbocycles. The Morgan fingerprint density at radius 2 is 2.25 bits per heavy atom. The van der Waals surface area contributed by atoms with Gasteiger partial charge in [0.2, 0.25) is 0 Å². The lowest BCUT2D eigenvalue weighted by molar-refractivity contribution is -0.0278. The van der Waals surface area contributed by atoms with Crippen molar-refractivity contribution in [3.05, 3.63) is 23.9 Å². The van der Waals surface area contributed by atoms with Gasteiger partial charge in [-0.25, -0.2) is 0 Å². The minimum absolute atomic E-state index is 0.474. The summed E-state index contributed by atoms with van der Waals surface area (Å²) in [6, 6.07) is 0. The van der Waals surface area contributed by atoms with Crippen LogP contribution in [-0.2, 0) is 0 Å². The third-order valence-corrected chi connectivity index (χ3v) is 2.03. The quantitative estimate of drug-likeness (QED) is 0.489. The number of allylic oxidation sites excluding steroid dienone is 2. The lowest BCUT2D eigenvalue weighted by Crippen LogP contribution is -2.31. The average molecular weight is 170 g/mol. The van der Waals surface area contributed by atoms with Gasteiger partial charge in [-0.2, -0.15) is 0 Å². The van der Waals surface area contributed by atoms with Crippen LogP contribution in [0, 0.1) is 0 Å². The van der Waals surface area contributed by atoms with E-state index in [2.05, 4.69) is 0 Å². The molecule has 0 aliphatic carbocycles. The minimum Gasteiger partial charge on any atom is -0.405 e. The van der Waals surface area contributed by atoms with Crippen LogP contribution >= 0.6 is 0 Å². The summed E-state index contributed by atoms with van der Waals surface area (Å²) < 4.78 is 0. The molecule has 1 rings (SSSR count). The second kappa shape index (κ2) is 3.71. The number of likely N-dealkylation sites (N-methyl/N-ethyl adjacent to an activating group) is 1. The molecular weight excluding hydrogens is 156 g/mol. The van der Waals surface area contributed by atoms with Gasteiger partial charge in [0.25, 0.3) is 0 Å². The highest BCUT2D eigenvalue weighted by Crippen LogP contribution is 2.24. The Hall–Kier alpha value is -0.840. The number of hydrogen-bond acceptors (Lipinski definition) is 4. The molecule has 4 nitrogen and oxygen atoms in total. The largest absolute Gasteiger partial charge is 0.405 e. The van der Waals surface area contributed by atoms with E-state index in [4.69, 9.17) is 5.73 Å². The molecule has 2 unspecified atom stereocenters. The van der Waals surface area contributed by atoms with E-state index in [9.17, 15) is 10.2 Å². The molecular formula is C8H14N2O2. The SMILES string of the molecule is CN1C(O)C/C(=C\C=C\N)C1O. The summed E-state index contributed by atoms with van der Waals surface area (Å²) in [6.07, 6.45) is 3.96. The Morgan fingerprint density at radius 3 is 2.67 bits per heavy atom. The molecule has 1 saturated heterocycles. The number of likely N-dealkylation sites (tertiary alicyclic amines) is 1. The molecule has 0 aromatic rings. The molecule has 0 radical (unpaired) electrons. The van der Waals surface area contributed by atoms with Gasteiger partial charge in [0.05, 0.1) is 0 Å². The van der Waals surface area contributed by atoms with E-state index in [0.29, 0.717) is 6.42 Å². The van der Waals surface area contributed by atoms with Crippen molar-refractivity contribution in [1.82, 2.24) is 4.90 Å². The van der Waals surface area contributed by atoms with E-state index in [1.807, 2.05) is 0 Å². The molecule has 12 heavy (non-hydrogen) atoms. The van der Waals surface area contributed by atoms with Crippen LogP contribution < -0.4 is 5.73 Å². The van der Waals surface area contributed by atoms with Crippen LogP contribution in [0.15, 0.2) is 23.9 Å². The average Bonchev–Trinajstić information content (AvgIpc) is 2.30. The van der Waals surface area contributed by atoms with Crippen molar-refractivity contribution in [2.45, 2.75) is 18.9 Å². The van der Waals surface area contributed by atoms with Gasteiger partial charge in [-0.1, -0.05) is 6.08 Å². The maximum Gasteiger partial charge on any atom is 0.131 e. The van der Waals surface area contributed by atoms with Crippen molar-refractivity contribution < 1.29 is 10.2 Å². The Bertz CT molecular complexity index is 213. The number of nitrogens with two attached hydrogens (primary N) is 1. The molecule has 0 aromatic carbocycles. The Balaban J connectivity index is 2.70. The first kappa shape index (κ1) is 9.25. The first-order chi connectivity index (χ1) is 5.66. The molecule has 0 amide bonds.